The molecule has 0 fully saturated rings. The highest BCUT2D eigenvalue weighted by Gasteiger charge is 2.21. The monoisotopic (exact) mass is 329 g/mol. The predicted molar refractivity (Wildman–Crippen MR) is 81.4 cm³/mol. The zero-order valence-corrected chi connectivity index (χ0v) is 13.3. The summed E-state index contributed by atoms with van der Waals surface area (Å²) in [7, 11) is -0.708. The summed E-state index contributed by atoms with van der Waals surface area (Å²) in [6.45, 7) is 3.00. The second-order valence-corrected chi connectivity index (χ2v) is 7.70. The first-order valence-corrected chi connectivity index (χ1v) is 8.83. The Hall–Kier alpha value is -0.190. The van der Waals surface area contributed by atoms with Crippen LogP contribution in [0.3, 0.4) is 0 Å². The van der Waals surface area contributed by atoms with E-state index in [4.69, 9.17) is 0 Å². The van der Waals surface area contributed by atoms with Crippen molar-refractivity contribution in [1.82, 2.24) is 5.32 Å². The smallest absolute Gasteiger partial charge is 0.0329 e. The first-order valence-electron chi connectivity index (χ1n) is 6.42. The van der Waals surface area contributed by atoms with Gasteiger partial charge in [-0.05, 0) is 49.1 Å². The molecule has 0 radical (unpaired) electrons. The standard InChI is InChI=1S/C14H20BrNOS/c1-10(18(2)17)7-8-16-14-6-3-11-9-12(15)4-5-13(11)14/h4-5,9-10,14,16H,3,6-8H2,1-2H3. The lowest BCUT2D eigenvalue weighted by Gasteiger charge is -2.15. The van der Waals surface area contributed by atoms with E-state index in [0.29, 0.717) is 6.04 Å². The molecule has 0 aromatic heterocycles. The quantitative estimate of drug-likeness (QED) is 0.898. The first kappa shape index (κ1) is 14.2. The Labute approximate surface area is 120 Å². The molecule has 0 spiro atoms. The van der Waals surface area contributed by atoms with E-state index in [1.807, 2.05) is 0 Å². The Morgan fingerprint density at radius 3 is 3.06 bits per heavy atom. The molecule has 1 aliphatic carbocycles. The number of aryl methyl sites for hydroxylation is 1. The first-order chi connectivity index (χ1) is 8.58. The Bertz CT molecular complexity index is 449. The molecule has 2 rings (SSSR count). The maximum absolute atomic E-state index is 11.3. The zero-order chi connectivity index (χ0) is 13.1. The lowest BCUT2D eigenvalue weighted by Crippen LogP contribution is -2.24. The van der Waals surface area contributed by atoms with Crippen LogP contribution in [0.25, 0.3) is 0 Å². The molecule has 3 atom stereocenters. The van der Waals surface area contributed by atoms with Gasteiger partial charge >= 0.3 is 0 Å². The highest BCUT2D eigenvalue weighted by Crippen LogP contribution is 2.32. The molecule has 18 heavy (non-hydrogen) atoms. The van der Waals surface area contributed by atoms with Crippen molar-refractivity contribution in [3.05, 3.63) is 33.8 Å². The van der Waals surface area contributed by atoms with Crippen molar-refractivity contribution in [2.24, 2.45) is 0 Å². The van der Waals surface area contributed by atoms with E-state index in [1.165, 1.54) is 17.5 Å². The average molecular weight is 330 g/mol. The summed E-state index contributed by atoms with van der Waals surface area (Å²) in [4.78, 5) is 0. The fourth-order valence-corrected chi connectivity index (χ4v) is 3.28. The summed E-state index contributed by atoms with van der Waals surface area (Å²) in [5, 5.41) is 3.87. The normalized spacial score (nSPS) is 21.6. The number of hydrogen-bond donors (Lipinski definition) is 1. The van der Waals surface area contributed by atoms with Gasteiger partial charge in [0.2, 0.25) is 0 Å². The van der Waals surface area contributed by atoms with E-state index in [9.17, 15) is 4.21 Å². The molecular weight excluding hydrogens is 310 g/mol. The van der Waals surface area contributed by atoms with Crippen molar-refractivity contribution in [1.29, 1.82) is 0 Å². The fraction of sp³-hybridized carbons (Fsp3) is 0.571. The maximum atomic E-state index is 11.3. The SMILES string of the molecule is CC(CCNC1CCc2cc(Br)ccc21)S(C)=O. The predicted octanol–water partition coefficient (Wildman–Crippen LogP) is 3.18. The van der Waals surface area contributed by atoms with Gasteiger partial charge in [0, 0.05) is 32.8 Å². The van der Waals surface area contributed by atoms with Crippen LogP contribution < -0.4 is 5.32 Å². The minimum Gasteiger partial charge on any atom is -0.310 e. The molecule has 0 saturated carbocycles. The molecule has 1 aromatic carbocycles. The summed E-state index contributed by atoms with van der Waals surface area (Å²) in [6.07, 6.45) is 5.09. The molecule has 0 aliphatic heterocycles. The van der Waals surface area contributed by atoms with Crippen LogP contribution >= 0.6 is 15.9 Å². The number of rotatable bonds is 5. The van der Waals surface area contributed by atoms with Crippen molar-refractivity contribution >= 4 is 26.7 Å². The minimum absolute atomic E-state index is 0.281. The van der Waals surface area contributed by atoms with Gasteiger partial charge in [-0.3, -0.25) is 4.21 Å². The zero-order valence-electron chi connectivity index (χ0n) is 10.9. The molecule has 1 aromatic rings. The van der Waals surface area contributed by atoms with Crippen molar-refractivity contribution in [2.75, 3.05) is 12.8 Å². The highest BCUT2D eigenvalue weighted by molar-refractivity contribution is 9.10. The van der Waals surface area contributed by atoms with Crippen molar-refractivity contribution in [3.63, 3.8) is 0 Å². The number of benzene rings is 1. The number of fused-ring (bicyclic) bond motifs is 1. The van der Waals surface area contributed by atoms with Gasteiger partial charge in [-0.2, -0.15) is 0 Å². The molecule has 0 bridgehead atoms. The Morgan fingerprint density at radius 1 is 1.56 bits per heavy atom. The highest BCUT2D eigenvalue weighted by atomic mass is 79.9. The largest absolute Gasteiger partial charge is 0.310 e. The number of nitrogens with one attached hydrogen (secondary N) is 1. The van der Waals surface area contributed by atoms with Crippen molar-refractivity contribution in [3.8, 4) is 0 Å². The van der Waals surface area contributed by atoms with Crippen LogP contribution in [0.2, 0.25) is 0 Å². The van der Waals surface area contributed by atoms with E-state index in [-0.39, 0.29) is 5.25 Å². The summed E-state index contributed by atoms with van der Waals surface area (Å²) in [5.74, 6) is 0. The molecule has 0 amide bonds. The molecule has 100 valence electrons. The molecular formula is C14H20BrNOS. The van der Waals surface area contributed by atoms with Gasteiger partial charge in [0.25, 0.3) is 0 Å². The second-order valence-electron chi connectivity index (χ2n) is 4.99. The van der Waals surface area contributed by atoms with Crippen LogP contribution in [0.4, 0.5) is 0 Å². The lowest BCUT2D eigenvalue weighted by molar-refractivity contribution is 0.518. The van der Waals surface area contributed by atoms with Gasteiger partial charge in [-0.15, -0.1) is 0 Å². The average Bonchev–Trinajstić information content (AvgIpc) is 2.71. The maximum Gasteiger partial charge on any atom is 0.0329 e. The lowest BCUT2D eigenvalue weighted by atomic mass is 10.1. The molecule has 3 unspecified atom stereocenters. The van der Waals surface area contributed by atoms with Crippen molar-refractivity contribution < 1.29 is 4.21 Å². The van der Waals surface area contributed by atoms with E-state index in [2.05, 4.69) is 46.4 Å². The summed E-state index contributed by atoms with van der Waals surface area (Å²) in [6, 6.07) is 7.03. The van der Waals surface area contributed by atoms with E-state index in [0.717, 1.165) is 23.9 Å². The molecule has 1 aliphatic rings. The van der Waals surface area contributed by atoms with E-state index in [1.54, 1.807) is 6.26 Å². The summed E-state index contributed by atoms with van der Waals surface area (Å²) >= 11 is 3.52. The van der Waals surface area contributed by atoms with Gasteiger partial charge in [-0.25, -0.2) is 0 Å². The van der Waals surface area contributed by atoms with Crippen LogP contribution in [-0.4, -0.2) is 22.3 Å². The van der Waals surface area contributed by atoms with E-state index < -0.39 is 10.8 Å². The number of halogens is 1. The van der Waals surface area contributed by atoms with E-state index >= 15 is 0 Å². The van der Waals surface area contributed by atoms with Crippen LogP contribution in [0.1, 0.15) is 36.9 Å². The molecule has 2 nitrogen and oxygen atoms in total. The topological polar surface area (TPSA) is 29.1 Å². The third-order valence-electron chi connectivity index (χ3n) is 3.69. The Kier molecular flexibility index (Phi) is 4.98. The number of hydrogen-bond acceptors (Lipinski definition) is 2. The second kappa shape index (κ2) is 6.31. The van der Waals surface area contributed by atoms with Gasteiger partial charge in [0.1, 0.15) is 0 Å². The Morgan fingerprint density at radius 2 is 2.33 bits per heavy atom. The molecule has 1 N–H and O–H groups in total. The van der Waals surface area contributed by atoms with Crippen LogP contribution in [0, 0.1) is 0 Å². The third-order valence-corrected chi connectivity index (χ3v) is 5.55. The van der Waals surface area contributed by atoms with Gasteiger partial charge in [-0.1, -0.05) is 28.9 Å². The summed E-state index contributed by atoms with van der Waals surface area (Å²) in [5.41, 5.74) is 2.89. The molecule has 4 heteroatoms. The molecule has 0 heterocycles. The van der Waals surface area contributed by atoms with Gasteiger partial charge in [0.15, 0.2) is 0 Å². The van der Waals surface area contributed by atoms with Crippen molar-refractivity contribution in [2.45, 2.75) is 37.5 Å². The van der Waals surface area contributed by atoms with Crippen LogP contribution in [0.15, 0.2) is 22.7 Å². The Balaban J connectivity index is 1.88. The summed E-state index contributed by atoms with van der Waals surface area (Å²) < 4.78 is 12.4. The minimum atomic E-state index is -0.708. The molecule has 0 saturated heterocycles. The van der Waals surface area contributed by atoms with Gasteiger partial charge < -0.3 is 5.32 Å². The third kappa shape index (κ3) is 3.43. The van der Waals surface area contributed by atoms with Crippen LogP contribution in [0.5, 0.6) is 0 Å². The van der Waals surface area contributed by atoms with Gasteiger partial charge in [0.05, 0.1) is 0 Å². The van der Waals surface area contributed by atoms with Crippen LogP contribution in [-0.2, 0) is 17.2 Å². The fourth-order valence-electron chi connectivity index (χ4n) is 2.42.